The molecule has 4 heteroatoms. The van der Waals surface area contributed by atoms with Crippen molar-refractivity contribution in [1.29, 1.82) is 0 Å². The molecule has 136 valence electrons. The molecule has 0 spiro atoms. The minimum Gasteiger partial charge on any atom is -0.338 e. The lowest BCUT2D eigenvalue weighted by molar-refractivity contribution is -0.921. The van der Waals surface area contributed by atoms with Crippen LogP contribution in [-0.4, -0.2) is 30.4 Å². The smallest absolute Gasteiger partial charge is 0.231 e. The van der Waals surface area contributed by atoms with E-state index < -0.39 is 0 Å². The highest BCUT2D eigenvalue weighted by atomic mass is 35.5. The zero-order valence-corrected chi connectivity index (χ0v) is 15.8. The first-order valence-electron chi connectivity index (χ1n) is 9.62. The van der Waals surface area contributed by atoms with E-state index in [0.29, 0.717) is 5.91 Å². The summed E-state index contributed by atoms with van der Waals surface area (Å²) in [7, 11) is 0. The first-order valence-corrected chi connectivity index (χ1v) is 10.0. The summed E-state index contributed by atoms with van der Waals surface area (Å²) in [6.07, 6.45) is 3.14. The van der Waals surface area contributed by atoms with Crippen LogP contribution in [0.3, 0.4) is 0 Å². The van der Waals surface area contributed by atoms with Crippen molar-refractivity contribution in [3.8, 4) is 0 Å². The molecule has 3 nitrogen and oxygen atoms in total. The lowest BCUT2D eigenvalue weighted by Crippen LogP contribution is -3.12. The zero-order chi connectivity index (χ0) is 17.9. The number of piperidine rings is 1. The average Bonchev–Trinajstić information content (AvgIpc) is 2.69. The van der Waals surface area contributed by atoms with Crippen LogP contribution in [0.1, 0.15) is 29.5 Å². The number of amides is 1. The van der Waals surface area contributed by atoms with E-state index in [4.69, 9.17) is 11.6 Å². The molecule has 2 aliphatic rings. The number of rotatable bonds is 3. The topological polar surface area (TPSA) is 24.8 Å². The fraction of sp³-hybridized carbons (Fsp3) is 0.409. The fourth-order valence-electron chi connectivity index (χ4n) is 4.36. The minimum atomic E-state index is 0.163. The van der Waals surface area contributed by atoms with E-state index in [9.17, 15) is 4.79 Å². The van der Waals surface area contributed by atoms with E-state index in [1.807, 2.05) is 12.1 Å². The molecule has 1 fully saturated rings. The second kappa shape index (κ2) is 7.81. The van der Waals surface area contributed by atoms with Gasteiger partial charge in [-0.05, 0) is 42.5 Å². The highest BCUT2D eigenvalue weighted by molar-refractivity contribution is 6.30. The molecule has 2 aromatic carbocycles. The molecule has 2 heterocycles. The van der Waals surface area contributed by atoms with Crippen LogP contribution in [0.25, 0.3) is 0 Å². The standard InChI is InChI=1S/C22H25ClN2O/c23-21-9-7-17(8-10-21)14-24-12-3-6-20(15-24)22(26)25-13-11-18-4-1-2-5-19(18)16-25/h1-2,4-5,7-10,20H,3,6,11-16H2/p+1/t20-/m0/s1. The van der Waals surface area contributed by atoms with E-state index in [0.717, 1.165) is 57.0 Å². The summed E-state index contributed by atoms with van der Waals surface area (Å²) in [6.45, 7) is 4.70. The molecule has 4 rings (SSSR count). The predicted octanol–water partition coefficient (Wildman–Crippen LogP) is 2.72. The van der Waals surface area contributed by atoms with Gasteiger partial charge in [-0.15, -0.1) is 0 Å². The molecule has 1 N–H and O–H groups in total. The molecule has 1 unspecified atom stereocenters. The minimum absolute atomic E-state index is 0.163. The second-order valence-corrected chi connectivity index (χ2v) is 8.06. The molecule has 0 bridgehead atoms. The van der Waals surface area contributed by atoms with Crippen LogP contribution >= 0.6 is 11.6 Å². The highest BCUT2D eigenvalue weighted by Gasteiger charge is 2.33. The van der Waals surface area contributed by atoms with Gasteiger partial charge in [-0.25, -0.2) is 0 Å². The quantitative estimate of drug-likeness (QED) is 0.884. The van der Waals surface area contributed by atoms with Crippen molar-refractivity contribution in [2.75, 3.05) is 19.6 Å². The van der Waals surface area contributed by atoms with Gasteiger partial charge in [-0.2, -0.15) is 0 Å². The molecule has 26 heavy (non-hydrogen) atoms. The number of hydrogen-bond acceptors (Lipinski definition) is 1. The van der Waals surface area contributed by atoms with Crippen molar-refractivity contribution >= 4 is 17.5 Å². The van der Waals surface area contributed by atoms with Crippen molar-refractivity contribution in [3.63, 3.8) is 0 Å². The van der Waals surface area contributed by atoms with E-state index in [1.165, 1.54) is 21.6 Å². The number of halogens is 1. The van der Waals surface area contributed by atoms with Gasteiger partial charge in [0, 0.05) is 23.7 Å². The molecule has 0 radical (unpaired) electrons. The average molecular weight is 370 g/mol. The van der Waals surface area contributed by atoms with Crippen LogP contribution in [-0.2, 0) is 24.3 Å². The maximum Gasteiger partial charge on any atom is 0.231 e. The van der Waals surface area contributed by atoms with Crippen LogP contribution in [0.4, 0.5) is 0 Å². The first kappa shape index (κ1) is 17.6. The zero-order valence-electron chi connectivity index (χ0n) is 15.1. The van der Waals surface area contributed by atoms with Gasteiger partial charge in [0.05, 0.1) is 19.0 Å². The fourth-order valence-corrected chi connectivity index (χ4v) is 4.48. The van der Waals surface area contributed by atoms with Crippen molar-refractivity contribution in [3.05, 3.63) is 70.2 Å². The number of quaternary nitrogens is 1. The summed E-state index contributed by atoms with van der Waals surface area (Å²) in [6, 6.07) is 16.6. The molecular weight excluding hydrogens is 344 g/mol. The van der Waals surface area contributed by atoms with Gasteiger partial charge in [0.1, 0.15) is 6.54 Å². The molecule has 2 aromatic rings. The van der Waals surface area contributed by atoms with E-state index >= 15 is 0 Å². The number of hydrogen-bond donors (Lipinski definition) is 1. The Morgan fingerprint density at radius 3 is 2.69 bits per heavy atom. The van der Waals surface area contributed by atoms with Crippen LogP contribution in [0.15, 0.2) is 48.5 Å². The van der Waals surface area contributed by atoms with E-state index in [-0.39, 0.29) is 5.92 Å². The Balaban J connectivity index is 1.38. The van der Waals surface area contributed by atoms with Crippen molar-refractivity contribution in [2.24, 2.45) is 5.92 Å². The summed E-state index contributed by atoms with van der Waals surface area (Å²) < 4.78 is 0. The Morgan fingerprint density at radius 2 is 1.88 bits per heavy atom. The van der Waals surface area contributed by atoms with Gasteiger partial charge in [0.2, 0.25) is 5.91 Å². The number of nitrogens with zero attached hydrogens (tertiary/aromatic N) is 1. The number of fused-ring (bicyclic) bond motifs is 1. The van der Waals surface area contributed by atoms with E-state index in [2.05, 4.69) is 41.3 Å². The Labute approximate surface area is 160 Å². The number of likely N-dealkylation sites (tertiary alicyclic amines) is 1. The Kier molecular flexibility index (Phi) is 5.28. The molecule has 0 aromatic heterocycles. The number of carbonyl (C=O) groups excluding carboxylic acids is 1. The maximum absolute atomic E-state index is 13.1. The largest absolute Gasteiger partial charge is 0.338 e. The number of carbonyl (C=O) groups is 1. The van der Waals surface area contributed by atoms with Gasteiger partial charge < -0.3 is 9.80 Å². The first-order chi connectivity index (χ1) is 12.7. The Hall–Kier alpha value is -1.84. The molecule has 0 aliphatic carbocycles. The van der Waals surface area contributed by atoms with Gasteiger partial charge in [0.15, 0.2) is 0 Å². The van der Waals surface area contributed by atoms with Crippen molar-refractivity contribution < 1.29 is 9.69 Å². The van der Waals surface area contributed by atoms with Gasteiger partial charge >= 0.3 is 0 Å². The van der Waals surface area contributed by atoms with Crippen LogP contribution in [0, 0.1) is 5.92 Å². The SMILES string of the molecule is O=C([C@H]1CCC[NH+](Cc2ccc(Cl)cc2)C1)N1CCc2ccccc2C1. The summed E-state index contributed by atoms with van der Waals surface area (Å²) >= 11 is 5.98. The molecule has 2 aliphatic heterocycles. The Bertz CT molecular complexity index is 774. The lowest BCUT2D eigenvalue weighted by atomic mass is 9.93. The van der Waals surface area contributed by atoms with Gasteiger partial charge in [0.25, 0.3) is 0 Å². The molecule has 1 saturated heterocycles. The summed E-state index contributed by atoms with van der Waals surface area (Å²) in [5.74, 6) is 0.518. The van der Waals surface area contributed by atoms with Crippen molar-refractivity contribution in [2.45, 2.75) is 32.4 Å². The summed E-state index contributed by atoms with van der Waals surface area (Å²) in [5.41, 5.74) is 4.01. The lowest BCUT2D eigenvalue weighted by Gasteiger charge is -2.35. The molecule has 0 saturated carbocycles. The predicted molar refractivity (Wildman–Crippen MR) is 104 cm³/mol. The molecule has 1 amide bonds. The van der Waals surface area contributed by atoms with Crippen LogP contribution < -0.4 is 4.90 Å². The third-order valence-corrected chi connectivity index (χ3v) is 6.03. The highest BCUT2D eigenvalue weighted by Crippen LogP contribution is 2.21. The number of nitrogens with one attached hydrogen (secondary N) is 1. The molecular formula is C22H26ClN2O+. The number of benzene rings is 2. The summed E-state index contributed by atoms with van der Waals surface area (Å²) in [5, 5.41) is 0.779. The third kappa shape index (κ3) is 3.94. The third-order valence-electron chi connectivity index (χ3n) is 5.78. The van der Waals surface area contributed by atoms with E-state index in [1.54, 1.807) is 0 Å². The maximum atomic E-state index is 13.1. The normalized spacial score (nSPS) is 22.7. The van der Waals surface area contributed by atoms with Crippen molar-refractivity contribution in [1.82, 2.24) is 4.90 Å². The summed E-state index contributed by atoms with van der Waals surface area (Å²) in [4.78, 5) is 16.7. The van der Waals surface area contributed by atoms with Gasteiger partial charge in [-0.3, -0.25) is 4.79 Å². The monoisotopic (exact) mass is 369 g/mol. The Morgan fingerprint density at radius 1 is 1.12 bits per heavy atom. The van der Waals surface area contributed by atoms with Crippen LogP contribution in [0.2, 0.25) is 5.02 Å². The molecule has 2 atom stereocenters. The van der Waals surface area contributed by atoms with Crippen LogP contribution in [0.5, 0.6) is 0 Å². The second-order valence-electron chi connectivity index (χ2n) is 7.63. The van der Waals surface area contributed by atoms with Gasteiger partial charge in [-0.1, -0.05) is 48.0 Å².